The van der Waals surface area contributed by atoms with Crippen LogP contribution < -0.4 is 0 Å². The molecule has 1 aromatic carbocycles. The number of hydrogen-bond donors (Lipinski definition) is 1. The van der Waals surface area contributed by atoms with Crippen molar-refractivity contribution in [3.05, 3.63) is 32.7 Å². The Balaban J connectivity index is 3.12. The molecule has 1 aromatic rings. The molecule has 1 nitrogen and oxygen atoms in total. The summed E-state index contributed by atoms with van der Waals surface area (Å²) in [6, 6.07) is 5.49. The molecule has 0 aliphatic heterocycles. The lowest BCUT2D eigenvalue weighted by Crippen LogP contribution is -2.07. The highest BCUT2D eigenvalue weighted by Gasteiger charge is 2.20. The Bertz CT molecular complexity index is 284. The van der Waals surface area contributed by atoms with Crippen molar-refractivity contribution in [1.29, 1.82) is 0 Å². The molecule has 1 atom stereocenters. The maximum absolute atomic E-state index is 9.64. The average molecular weight is 349 g/mol. The molecule has 1 N–H and O–H groups in total. The van der Waals surface area contributed by atoms with Crippen molar-refractivity contribution in [2.75, 3.05) is 0 Å². The highest BCUT2D eigenvalue weighted by Crippen LogP contribution is 2.35. The molecular formula is C8H6Br2Cl2O. The second kappa shape index (κ2) is 4.99. The monoisotopic (exact) mass is 346 g/mol. The third-order valence-corrected chi connectivity index (χ3v) is 3.39. The normalized spacial score (nSPS) is 13.4. The number of benzene rings is 1. The molecule has 1 rings (SSSR count). The lowest BCUT2D eigenvalue weighted by Gasteiger charge is -2.15. The van der Waals surface area contributed by atoms with Crippen molar-refractivity contribution in [3.63, 3.8) is 0 Å². The van der Waals surface area contributed by atoms with Crippen molar-refractivity contribution < 1.29 is 5.11 Å². The van der Waals surface area contributed by atoms with Gasteiger partial charge in [-0.25, -0.2) is 0 Å². The fraction of sp³-hybridized carbons (Fsp3) is 0.250. The molecule has 0 aliphatic rings. The van der Waals surface area contributed by atoms with Gasteiger partial charge in [-0.05, 0) is 12.1 Å². The van der Waals surface area contributed by atoms with Crippen molar-refractivity contribution in [1.82, 2.24) is 0 Å². The van der Waals surface area contributed by atoms with Crippen molar-refractivity contribution >= 4 is 55.1 Å². The van der Waals surface area contributed by atoms with Crippen LogP contribution in [-0.4, -0.2) is 9.94 Å². The van der Waals surface area contributed by atoms with E-state index in [1.807, 2.05) is 18.2 Å². The van der Waals surface area contributed by atoms with Gasteiger partial charge in [-0.3, -0.25) is 0 Å². The molecular weight excluding hydrogens is 343 g/mol. The van der Waals surface area contributed by atoms with Crippen LogP contribution in [-0.2, 0) is 0 Å². The number of alkyl halides is 2. The zero-order chi connectivity index (χ0) is 10.0. The van der Waals surface area contributed by atoms with E-state index in [4.69, 9.17) is 23.2 Å². The van der Waals surface area contributed by atoms with Gasteiger partial charge < -0.3 is 5.11 Å². The molecule has 0 radical (unpaired) electrons. The third kappa shape index (κ3) is 2.83. The molecule has 0 saturated carbocycles. The molecule has 0 aromatic heterocycles. The molecule has 0 fully saturated rings. The first-order chi connectivity index (χ1) is 6.04. The highest BCUT2D eigenvalue weighted by atomic mass is 79.9. The summed E-state index contributed by atoms with van der Waals surface area (Å²) in [6.45, 7) is 0. The Kier molecular flexibility index (Phi) is 4.52. The first kappa shape index (κ1) is 11.8. The van der Waals surface area contributed by atoms with Crippen LogP contribution in [0.25, 0.3) is 0 Å². The lowest BCUT2D eigenvalue weighted by molar-refractivity contribution is 0.191. The van der Waals surface area contributed by atoms with Crippen LogP contribution in [0.15, 0.2) is 27.1 Å². The van der Waals surface area contributed by atoms with Gasteiger partial charge in [0.1, 0.15) is 10.9 Å². The number of rotatable bonds is 2. The summed E-state index contributed by atoms with van der Waals surface area (Å²) in [6.07, 6.45) is -0.895. The average Bonchev–Trinajstić information content (AvgIpc) is 2.03. The molecule has 0 bridgehead atoms. The Labute approximate surface area is 103 Å². The summed E-state index contributed by atoms with van der Waals surface area (Å²) in [5.74, 6) is 0. The Morgan fingerprint density at radius 2 is 1.62 bits per heavy atom. The van der Waals surface area contributed by atoms with Gasteiger partial charge in [-0.15, -0.1) is 23.2 Å². The summed E-state index contributed by atoms with van der Waals surface area (Å²) >= 11 is 17.8. The van der Waals surface area contributed by atoms with Gasteiger partial charge in [-0.1, -0.05) is 37.9 Å². The van der Waals surface area contributed by atoms with E-state index < -0.39 is 10.9 Å². The van der Waals surface area contributed by atoms with Crippen LogP contribution in [0.4, 0.5) is 0 Å². The van der Waals surface area contributed by atoms with E-state index in [-0.39, 0.29) is 0 Å². The fourth-order valence-electron chi connectivity index (χ4n) is 0.919. The number of hydrogen-bond acceptors (Lipinski definition) is 1. The molecule has 0 saturated heterocycles. The molecule has 0 heterocycles. The van der Waals surface area contributed by atoms with Crippen LogP contribution in [0, 0.1) is 0 Å². The third-order valence-electron chi connectivity index (χ3n) is 1.53. The fourth-order valence-corrected chi connectivity index (χ4v) is 2.64. The number of halogens is 4. The lowest BCUT2D eigenvalue weighted by atomic mass is 10.1. The Morgan fingerprint density at radius 3 is 2.00 bits per heavy atom. The second-order valence-electron chi connectivity index (χ2n) is 2.41. The quantitative estimate of drug-likeness (QED) is 0.799. The van der Waals surface area contributed by atoms with Crippen LogP contribution in [0.2, 0.25) is 0 Å². The summed E-state index contributed by atoms with van der Waals surface area (Å²) < 4.78 is 1.56. The summed E-state index contributed by atoms with van der Waals surface area (Å²) in [4.78, 5) is -0.838. The number of aliphatic hydroxyl groups excluding tert-OH is 1. The highest BCUT2D eigenvalue weighted by molar-refractivity contribution is 9.11. The SMILES string of the molecule is OC(c1c(Br)cccc1Br)C(Cl)Cl. The van der Waals surface area contributed by atoms with E-state index in [9.17, 15) is 5.11 Å². The largest absolute Gasteiger partial charge is 0.385 e. The standard InChI is InChI=1S/C8H6Br2Cl2O/c9-4-2-1-3-5(10)6(4)7(13)8(11)12/h1-3,7-8,13H. The van der Waals surface area contributed by atoms with Gasteiger partial charge in [0.05, 0.1) is 0 Å². The minimum Gasteiger partial charge on any atom is -0.385 e. The molecule has 5 heteroatoms. The summed E-state index contributed by atoms with van der Waals surface area (Å²) in [5.41, 5.74) is 0.664. The van der Waals surface area contributed by atoms with Crippen molar-refractivity contribution in [3.8, 4) is 0 Å². The molecule has 13 heavy (non-hydrogen) atoms. The van der Waals surface area contributed by atoms with E-state index >= 15 is 0 Å². The van der Waals surface area contributed by atoms with Crippen molar-refractivity contribution in [2.45, 2.75) is 10.9 Å². The van der Waals surface area contributed by atoms with E-state index in [1.54, 1.807) is 0 Å². The van der Waals surface area contributed by atoms with Crippen LogP contribution in [0.5, 0.6) is 0 Å². The zero-order valence-corrected chi connectivity index (χ0v) is 11.0. The van der Waals surface area contributed by atoms with Crippen LogP contribution >= 0.6 is 55.1 Å². The molecule has 1 unspecified atom stereocenters. The predicted molar refractivity (Wildman–Crippen MR) is 62.3 cm³/mol. The van der Waals surface area contributed by atoms with Gasteiger partial charge in [0.25, 0.3) is 0 Å². The molecule has 0 amide bonds. The second-order valence-corrected chi connectivity index (χ2v) is 5.29. The van der Waals surface area contributed by atoms with Gasteiger partial charge in [0.2, 0.25) is 0 Å². The molecule has 0 aliphatic carbocycles. The number of aliphatic hydroxyl groups is 1. The van der Waals surface area contributed by atoms with E-state index in [2.05, 4.69) is 31.9 Å². The molecule has 72 valence electrons. The summed E-state index contributed by atoms with van der Waals surface area (Å²) in [7, 11) is 0. The van der Waals surface area contributed by atoms with Gasteiger partial charge >= 0.3 is 0 Å². The smallest absolute Gasteiger partial charge is 0.137 e. The minimum absolute atomic E-state index is 0.664. The topological polar surface area (TPSA) is 20.2 Å². The Morgan fingerprint density at radius 1 is 1.15 bits per heavy atom. The first-order valence-corrected chi connectivity index (χ1v) is 5.90. The predicted octanol–water partition coefficient (Wildman–Crippen LogP) is 4.05. The van der Waals surface area contributed by atoms with E-state index in [0.29, 0.717) is 5.56 Å². The van der Waals surface area contributed by atoms with Crippen LogP contribution in [0.3, 0.4) is 0 Å². The summed E-state index contributed by atoms with van der Waals surface area (Å²) in [5, 5.41) is 9.64. The maximum Gasteiger partial charge on any atom is 0.137 e. The maximum atomic E-state index is 9.64. The van der Waals surface area contributed by atoms with Gasteiger partial charge in [0, 0.05) is 14.5 Å². The minimum atomic E-state index is -0.895. The van der Waals surface area contributed by atoms with Gasteiger partial charge in [-0.2, -0.15) is 0 Å². The zero-order valence-electron chi connectivity index (χ0n) is 6.35. The molecule has 0 spiro atoms. The van der Waals surface area contributed by atoms with Gasteiger partial charge in [0.15, 0.2) is 0 Å². The van der Waals surface area contributed by atoms with Crippen LogP contribution in [0.1, 0.15) is 11.7 Å². The van der Waals surface area contributed by atoms with Crippen molar-refractivity contribution in [2.24, 2.45) is 0 Å². The Hall–Kier alpha value is 0.720. The van der Waals surface area contributed by atoms with E-state index in [0.717, 1.165) is 8.95 Å². The van der Waals surface area contributed by atoms with E-state index in [1.165, 1.54) is 0 Å². The first-order valence-electron chi connectivity index (χ1n) is 3.44.